The second-order valence-electron chi connectivity index (χ2n) is 9.63. The fraction of sp³-hybridized carbons (Fsp3) is 0.222. The zero-order valence-electron chi connectivity index (χ0n) is 22.7. The highest BCUT2D eigenvalue weighted by Gasteiger charge is 2.23. The summed E-state index contributed by atoms with van der Waals surface area (Å²) in [5, 5.41) is 7.25. The van der Waals surface area contributed by atoms with Crippen molar-refractivity contribution >= 4 is 50.5 Å². The van der Waals surface area contributed by atoms with Gasteiger partial charge in [-0.15, -0.1) is 0 Å². The molecule has 42 heavy (non-hydrogen) atoms. The smallest absolute Gasteiger partial charge is 0.258 e. The van der Waals surface area contributed by atoms with Gasteiger partial charge >= 0.3 is 0 Å². The van der Waals surface area contributed by atoms with Crippen molar-refractivity contribution in [2.24, 2.45) is 0 Å². The van der Waals surface area contributed by atoms with Crippen molar-refractivity contribution in [1.82, 2.24) is 24.6 Å². The second kappa shape index (κ2) is 12.0. The monoisotopic (exact) mass is 610 g/mol. The predicted molar refractivity (Wildman–Crippen MR) is 158 cm³/mol. The van der Waals surface area contributed by atoms with E-state index in [1.807, 2.05) is 17.0 Å². The van der Waals surface area contributed by atoms with Gasteiger partial charge in [-0.25, -0.2) is 18.1 Å². The third-order valence-corrected chi connectivity index (χ3v) is 7.10. The van der Waals surface area contributed by atoms with Gasteiger partial charge in [-0.05, 0) is 24.3 Å². The minimum atomic E-state index is -3.54. The first-order valence-corrected chi connectivity index (χ1v) is 15.0. The molecule has 13 nitrogen and oxygen atoms in total. The molecule has 2 amide bonds. The number of piperazine rings is 1. The maximum atomic E-state index is 13.0. The zero-order valence-corrected chi connectivity index (χ0v) is 24.3. The van der Waals surface area contributed by atoms with Crippen LogP contribution < -0.4 is 19.7 Å². The van der Waals surface area contributed by atoms with Crippen molar-refractivity contribution in [1.29, 1.82) is 0 Å². The zero-order chi connectivity index (χ0) is 29.9. The van der Waals surface area contributed by atoms with E-state index in [0.29, 0.717) is 30.3 Å². The fourth-order valence-corrected chi connectivity index (χ4v) is 4.98. The van der Waals surface area contributed by atoms with E-state index < -0.39 is 15.9 Å². The molecule has 4 aromatic rings. The van der Waals surface area contributed by atoms with Crippen molar-refractivity contribution in [2.45, 2.75) is 6.61 Å². The minimum Gasteiger partial charge on any atom is -0.485 e. The summed E-state index contributed by atoms with van der Waals surface area (Å²) < 4.78 is 33.1. The van der Waals surface area contributed by atoms with Gasteiger partial charge in [0.15, 0.2) is 11.6 Å². The van der Waals surface area contributed by atoms with Crippen molar-refractivity contribution < 1.29 is 22.7 Å². The fourth-order valence-electron chi connectivity index (χ4n) is 4.20. The van der Waals surface area contributed by atoms with Crippen molar-refractivity contribution in [2.75, 3.05) is 47.9 Å². The highest BCUT2D eigenvalue weighted by atomic mass is 35.5. The maximum Gasteiger partial charge on any atom is 0.258 e. The van der Waals surface area contributed by atoms with Gasteiger partial charge in [0.1, 0.15) is 6.61 Å². The lowest BCUT2D eigenvalue weighted by Crippen LogP contribution is -2.48. The highest BCUT2D eigenvalue weighted by Crippen LogP contribution is 2.29. The summed E-state index contributed by atoms with van der Waals surface area (Å²) >= 11 is 6.11. The summed E-state index contributed by atoms with van der Waals surface area (Å²) in [5.41, 5.74) is 2.26. The Morgan fingerprint density at radius 3 is 2.67 bits per heavy atom. The molecule has 0 spiro atoms. The van der Waals surface area contributed by atoms with Crippen LogP contribution in [0.15, 0.2) is 67.4 Å². The highest BCUT2D eigenvalue weighted by molar-refractivity contribution is 7.92. The first-order chi connectivity index (χ1) is 20.0. The van der Waals surface area contributed by atoms with Gasteiger partial charge in [0, 0.05) is 61.1 Å². The molecule has 0 aliphatic carbocycles. The summed E-state index contributed by atoms with van der Waals surface area (Å²) in [6.45, 7) is 1.66. The Hall–Kier alpha value is -4.69. The summed E-state index contributed by atoms with van der Waals surface area (Å²) in [7, 11) is -1.77. The van der Waals surface area contributed by atoms with Crippen molar-refractivity contribution in [3.63, 3.8) is 0 Å². The number of halogens is 1. The van der Waals surface area contributed by atoms with Crippen LogP contribution in [0.2, 0.25) is 5.02 Å². The SMILES string of the molecule is CN1CCN(c2cnc(-n3cc(C(=O)Nc4cc(Cl)cc(NS(C)(=O)=O)c4)cn3)c(OCc3cccnc3)c2)CC1=O. The Labute approximate surface area is 247 Å². The van der Waals surface area contributed by atoms with E-state index in [1.165, 1.54) is 35.3 Å². The average Bonchev–Trinajstić information content (AvgIpc) is 3.43. The summed E-state index contributed by atoms with van der Waals surface area (Å²) in [6.07, 6.45) is 8.88. The minimum absolute atomic E-state index is 0.00445. The standard InChI is InChI=1S/C27H27ClN8O5S/c1-34-6-7-35(16-25(34)37)23-11-24(41-17-18-4-3-5-29-12-18)26(30-14-23)36-15-19(13-31-36)27(38)32-21-8-20(28)9-22(10-21)33-42(2,39)40/h3-5,8-15,33H,6-7,16-17H2,1-2H3,(H,32,38). The van der Waals surface area contributed by atoms with E-state index in [4.69, 9.17) is 16.3 Å². The molecular weight excluding hydrogens is 584 g/mol. The van der Waals surface area contributed by atoms with E-state index in [1.54, 1.807) is 36.6 Å². The van der Waals surface area contributed by atoms with Crippen LogP contribution in [0.25, 0.3) is 5.82 Å². The lowest BCUT2D eigenvalue weighted by molar-refractivity contribution is -0.129. The number of ether oxygens (including phenoxy) is 1. The number of hydrogen-bond acceptors (Lipinski definition) is 9. The third kappa shape index (κ3) is 7.14. The Morgan fingerprint density at radius 1 is 1.12 bits per heavy atom. The molecule has 0 bridgehead atoms. The van der Waals surface area contributed by atoms with Gasteiger partial charge in [0.05, 0.1) is 42.1 Å². The number of carbonyl (C=O) groups is 2. The van der Waals surface area contributed by atoms with Crippen LogP contribution in [0.1, 0.15) is 15.9 Å². The van der Waals surface area contributed by atoms with Crippen LogP contribution in [0.4, 0.5) is 17.1 Å². The first kappa shape index (κ1) is 28.8. The van der Waals surface area contributed by atoms with Gasteiger partial charge in [-0.1, -0.05) is 17.7 Å². The van der Waals surface area contributed by atoms with Crippen LogP contribution in [0.5, 0.6) is 5.75 Å². The summed E-state index contributed by atoms with van der Waals surface area (Å²) in [4.78, 5) is 37.6. The molecule has 0 saturated carbocycles. The Balaban J connectivity index is 1.39. The number of pyridine rings is 2. The number of rotatable bonds is 9. The topological polar surface area (TPSA) is 152 Å². The number of sulfonamides is 1. The number of aromatic nitrogens is 4. The number of anilines is 3. The molecule has 5 rings (SSSR count). The largest absolute Gasteiger partial charge is 0.485 e. The van der Waals surface area contributed by atoms with E-state index in [-0.39, 0.29) is 41.0 Å². The molecule has 1 saturated heterocycles. The Morgan fingerprint density at radius 2 is 1.93 bits per heavy atom. The molecular formula is C27H27ClN8O5S. The lowest BCUT2D eigenvalue weighted by atomic mass is 10.2. The lowest BCUT2D eigenvalue weighted by Gasteiger charge is -2.33. The van der Waals surface area contributed by atoms with E-state index in [2.05, 4.69) is 25.1 Å². The number of nitrogens with one attached hydrogen (secondary N) is 2. The van der Waals surface area contributed by atoms with E-state index >= 15 is 0 Å². The number of nitrogens with zero attached hydrogens (tertiary/aromatic N) is 6. The van der Waals surface area contributed by atoms with Gasteiger partial charge in [-0.3, -0.25) is 19.3 Å². The first-order valence-electron chi connectivity index (χ1n) is 12.7. The number of hydrogen-bond donors (Lipinski definition) is 2. The van der Waals surface area contributed by atoms with E-state index in [0.717, 1.165) is 11.8 Å². The predicted octanol–water partition coefficient (Wildman–Crippen LogP) is 2.80. The van der Waals surface area contributed by atoms with Crippen LogP contribution >= 0.6 is 11.6 Å². The van der Waals surface area contributed by atoms with Gasteiger partial charge in [0.2, 0.25) is 15.9 Å². The molecule has 15 heteroatoms. The number of benzene rings is 1. The maximum absolute atomic E-state index is 13.0. The van der Waals surface area contributed by atoms with E-state index in [9.17, 15) is 18.0 Å². The second-order valence-corrected chi connectivity index (χ2v) is 11.8. The number of carbonyl (C=O) groups excluding carboxylic acids is 2. The molecule has 4 heterocycles. The van der Waals surface area contributed by atoms with Crippen LogP contribution in [-0.4, -0.2) is 77.8 Å². The molecule has 1 fully saturated rings. The van der Waals surface area contributed by atoms with Gasteiger partial charge < -0.3 is 19.9 Å². The summed E-state index contributed by atoms with van der Waals surface area (Å²) in [6, 6.07) is 9.85. The number of likely N-dealkylation sites (N-methyl/N-ethyl adjacent to an activating group) is 1. The Kier molecular flexibility index (Phi) is 8.27. The molecule has 218 valence electrons. The normalized spacial score (nSPS) is 13.6. The quantitative estimate of drug-likeness (QED) is 0.291. The van der Waals surface area contributed by atoms with Gasteiger partial charge in [0.25, 0.3) is 5.91 Å². The molecule has 0 unspecified atom stereocenters. The van der Waals surface area contributed by atoms with Crippen LogP contribution in [0.3, 0.4) is 0 Å². The molecule has 1 aromatic carbocycles. The number of amides is 2. The van der Waals surface area contributed by atoms with Gasteiger partial charge in [-0.2, -0.15) is 5.10 Å². The Bertz CT molecular complexity index is 1730. The molecule has 0 atom stereocenters. The third-order valence-electron chi connectivity index (χ3n) is 6.28. The molecule has 2 N–H and O–H groups in total. The molecule has 3 aromatic heterocycles. The van der Waals surface area contributed by atoms with Crippen molar-refractivity contribution in [3.05, 3.63) is 83.5 Å². The molecule has 1 aliphatic rings. The van der Waals surface area contributed by atoms with Crippen molar-refractivity contribution in [3.8, 4) is 11.6 Å². The molecule has 1 aliphatic heterocycles. The van der Waals surface area contributed by atoms with Crippen LogP contribution in [-0.2, 0) is 21.4 Å². The summed E-state index contributed by atoms with van der Waals surface area (Å²) in [5.74, 6) is 0.234. The van der Waals surface area contributed by atoms with Crippen LogP contribution in [0, 0.1) is 0 Å². The molecule has 0 radical (unpaired) electrons. The average molecular weight is 611 g/mol.